The van der Waals surface area contributed by atoms with Crippen molar-refractivity contribution in [1.82, 2.24) is 10.2 Å². The van der Waals surface area contributed by atoms with Gasteiger partial charge in [0.2, 0.25) is 5.91 Å². The van der Waals surface area contributed by atoms with Gasteiger partial charge in [-0.2, -0.15) is 0 Å². The molecular weight excluding hydrogens is 278 g/mol. The van der Waals surface area contributed by atoms with Gasteiger partial charge in [-0.25, -0.2) is 8.78 Å². The number of aliphatic hydroxyl groups is 1. The Morgan fingerprint density at radius 3 is 2.62 bits per heavy atom. The molecule has 1 atom stereocenters. The first kappa shape index (κ1) is 17.5. The van der Waals surface area contributed by atoms with E-state index in [2.05, 4.69) is 5.32 Å². The van der Waals surface area contributed by atoms with E-state index in [1.54, 1.807) is 25.8 Å². The van der Waals surface area contributed by atoms with Gasteiger partial charge in [-0.3, -0.25) is 4.79 Å². The van der Waals surface area contributed by atoms with Crippen molar-refractivity contribution in [1.29, 1.82) is 0 Å². The molecule has 4 nitrogen and oxygen atoms in total. The average Bonchev–Trinajstić information content (AvgIpc) is 2.37. The zero-order valence-corrected chi connectivity index (χ0v) is 12.6. The fourth-order valence-corrected chi connectivity index (χ4v) is 1.83. The third-order valence-electron chi connectivity index (χ3n) is 3.12. The second-order valence-corrected chi connectivity index (χ2v) is 5.39. The molecule has 0 aliphatic rings. The molecule has 0 aliphatic heterocycles. The molecule has 0 radical (unpaired) electrons. The zero-order chi connectivity index (χ0) is 16.0. The van der Waals surface area contributed by atoms with E-state index in [-0.39, 0.29) is 23.9 Å². The van der Waals surface area contributed by atoms with Crippen LogP contribution in [0.4, 0.5) is 8.78 Å². The molecule has 0 aliphatic carbocycles. The summed E-state index contributed by atoms with van der Waals surface area (Å²) in [5.41, 5.74) is 0.0643. The number of amides is 1. The van der Waals surface area contributed by atoms with Crippen molar-refractivity contribution < 1.29 is 18.7 Å². The van der Waals surface area contributed by atoms with Crippen molar-refractivity contribution in [2.75, 3.05) is 26.7 Å². The van der Waals surface area contributed by atoms with E-state index in [9.17, 15) is 18.7 Å². The highest BCUT2D eigenvalue weighted by atomic mass is 19.1. The van der Waals surface area contributed by atoms with Crippen molar-refractivity contribution in [2.24, 2.45) is 5.92 Å². The van der Waals surface area contributed by atoms with Crippen LogP contribution in [0.1, 0.15) is 25.5 Å². The zero-order valence-electron chi connectivity index (χ0n) is 12.6. The van der Waals surface area contributed by atoms with Crippen molar-refractivity contribution in [2.45, 2.75) is 20.0 Å². The molecule has 1 amide bonds. The fraction of sp³-hybridized carbons (Fsp3) is 0.533. The number of halogens is 2. The number of likely N-dealkylation sites (N-methyl/N-ethyl adjacent to an activating group) is 1. The maximum absolute atomic E-state index is 13.5. The maximum atomic E-state index is 13.5. The molecule has 0 saturated heterocycles. The largest absolute Gasteiger partial charge is 0.387 e. The van der Waals surface area contributed by atoms with Crippen LogP contribution in [0.15, 0.2) is 18.2 Å². The lowest BCUT2D eigenvalue weighted by molar-refractivity contribution is -0.124. The van der Waals surface area contributed by atoms with Gasteiger partial charge in [-0.05, 0) is 13.1 Å². The molecule has 1 rings (SSSR count). The van der Waals surface area contributed by atoms with Crippen LogP contribution >= 0.6 is 0 Å². The maximum Gasteiger partial charge on any atom is 0.222 e. The lowest BCUT2D eigenvalue weighted by Crippen LogP contribution is -2.36. The van der Waals surface area contributed by atoms with Crippen LogP contribution in [0, 0.1) is 17.6 Å². The summed E-state index contributed by atoms with van der Waals surface area (Å²) < 4.78 is 26.3. The molecular formula is C15H22F2N2O2. The molecule has 0 saturated carbocycles. The van der Waals surface area contributed by atoms with Crippen molar-refractivity contribution in [3.05, 3.63) is 35.4 Å². The van der Waals surface area contributed by atoms with Gasteiger partial charge in [0.25, 0.3) is 0 Å². The fourth-order valence-electron chi connectivity index (χ4n) is 1.83. The summed E-state index contributed by atoms with van der Waals surface area (Å²) in [5.74, 6) is -1.54. The number of aliphatic hydroxyl groups excluding tert-OH is 1. The van der Waals surface area contributed by atoms with Crippen molar-refractivity contribution in [3.63, 3.8) is 0 Å². The van der Waals surface area contributed by atoms with Crippen LogP contribution in [-0.2, 0) is 4.79 Å². The summed E-state index contributed by atoms with van der Waals surface area (Å²) >= 11 is 0. The normalized spacial score (nSPS) is 12.8. The number of hydrogen-bond acceptors (Lipinski definition) is 3. The minimum Gasteiger partial charge on any atom is -0.387 e. The van der Waals surface area contributed by atoms with Gasteiger partial charge in [0.15, 0.2) is 0 Å². The van der Waals surface area contributed by atoms with Gasteiger partial charge in [-0.15, -0.1) is 0 Å². The Morgan fingerprint density at radius 1 is 1.38 bits per heavy atom. The standard InChI is InChI=1S/C15H22F2N2O2/c1-10(2)15(21)18-6-7-19(3)9-14(20)12-5-4-11(16)8-13(12)17/h4-5,8,10,14,20H,6-7,9H2,1-3H3,(H,18,21). The molecule has 1 unspecified atom stereocenters. The SMILES string of the molecule is CC(C)C(=O)NCCN(C)CC(O)c1ccc(F)cc1F. The molecule has 0 aromatic heterocycles. The summed E-state index contributed by atoms with van der Waals surface area (Å²) in [5, 5.41) is 12.7. The molecule has 0 heterocycles. The minimum atomic E-state index is -1.04. The highest BCUT2D eigenvalue weighted by Gasteiger charge is 2.15. The lowest BCUT2D eigenvalue weighted by atomic mass is 10.1. The van der Waals surface area contributed by atoms with Crippen LogP contribution in [-0.4, -0.2) is 42.6 Å². The van der Waals surface area contributed by atoms with Gasteiger partial charge in [0.05, 0.1) is 6.10 Å². The third-order valence-corrected chi connectivity index (χ3v) is 3.12. The highest BCUT2D eigenvalue weighted by Crippen LogP contribution is 2.18. The third kappa shape index (κ3) is 5.77. The Labute approximate surface area is 123 Å². The number of carbonyl (C=O) groups excluding carboxylic acids is 1. The van der Waals surface area contributed by atoms with Crippen LogP contribution in [0.3, 0.4) is 0 Å². The molecule has 0 bridgehead atoms. The summed E-state index contributed by atoms with van der Waals surface area (Å²) in [4.78, 5) is 13.2. The topological polar surface area (TPSA) is 52.6 Å². The first-order valence-electron chi connectivity index (χ1n) is 6.90. The minimum absolute atomic E-state index is 0.0338. The number of hydrogen-bond donors (Lipinski definition) is 2. The van der Waals surface area contributed by atoms with Crippen molar-refractivity contribution in [3.8, 4) is 0 Å². The van der Waals surface area contributed by atoms with Crippen LogP contribution in [0.2, 0.25) is 0 Å². The number of rotatable bonds is 7. The Balaban J connectivity index is 2.43. The first-order valence-corrected chi connectivity index (χ1v) is 6.90. The summed E-state index contributed by atoms with van der Waals surface area (Å²) in [6.07, 6.45) is -1.04. The predicted octanol–water partition coefficient (Wildman–Crippen LogP) is 1.70. The van der Waals surface area contributed by atoms with Gasteiger partial charge in [0.1, 0.15) is 11.6 Å². The molecule has 1 aromatic rings. The van der Waals surface area contributed by atoms with Gasteiger partial charge < -0.3 is 15.3 Å². The molecule has 21 heavy (non-hydrogen) atoms. The second-order valence-electron chi connectivity index (χ2n) is 5.39. The second kappa shape index (κ2) is 8.05. The Morgan fingerprint density at radius 2 is 2.05 bits per heavy atom. The summed E-state index contributed by atoms with van der Waals surface area (Å²) in [6.45, 7) is 4.78. The van der Waals surface area contributed by atoms with E-state index >= 15 is 0 Å². The number of carbonyl (C=O) groups is 1. The number of nitrogens with one attached hydrogen (secondary N) is 1. The van der Waals surface area contributed by atoms with E-state index in [0.717, 1.165) is 12.1 Å². The summed E-state index contributed by atoms with van der Waals surface area (Å²) in [7, 11) is 1.76. The van der Waals surface area contributed by atoms with Crippen LogP contribution in [0.5, 0.6) is 0 Å². The molecule has 0 spiro atoms. The van der Waals surface area contributed by atoms with E-state index in [0.29, 0.717) is 13.1 Å². The molecule has 1 aromatic carbocycles. The first-order chi connectivity index (χ1) is 9.81. The molecule has 118 valence electrons. The van der Waals surface area contributed by atoms with E-state index < -0.39 is 17.7 Å². The monoisotopic (exact) mass is 300 g/mol. The Hall–Kier alpha value is -1.53. The molecule has 6 heteroatoms. The Kier molecular flexibility index (Phi) is 6.71. The molecule has 2 N–H and O–H groups in total. The number of benzene rings is 1. The van der Waals surface area contributed by atoms with Crippen molar-refractivity contribution >= 4 is 5.91 Å². The van der Waals surface area contributed by atoms with E-state index in [4.69, 9.17) is 0 Å². The molecule has 0 fully saturated rings. The lowest BCUT2D eigenvalue weighted by Gasteiger charge is -2.21. The van der Waals surface area contributed by atoms with Gasteiger partial charge >= 0.3 is 0 Å². The smallest absolute Gasteiger partial charge is 0.222 e. The summed E-state index contributed by atoms with van der Waals surface area (Å²) in [6, 6.07) is 3.11. The van der Waals surface area contributed by atoms with Crippen LogP contribution in [0.25, 0.3) is 0 Å². The van der Waals surface area contributed by atoms with E-state index in [1.165, 1.54) is 6.07 Å². The predicted molar refractivity (Wildman–Crippen MR) is 76.7 cm³/mol. The quantitative estimate of drug-likeness (QED) is 0.806. The Bertz CT molecular complexity index is 481. The van der Waals surface area contributed by atoms with Gasteiger partial charge in [-0.1, -0.05) is 19.9 Å². The van der Waals surface area contributed by atoms with E-state index in [1.807, 2.05) is 0 Å². The average molecular weight is 300 g/mol. The van der Waals surface area contributed by atoms with Crippen LogP contribution < -0.4 is 5.32 Å². The van der Waals surface area contributed by atoms with Gasteiger partial charge in [0, 0.05) is 37.2 Å². The highest BCUT2D eigenvalue weighted by molar-refractivity contribution is 5.77. The number of nitrogens with zero attached hydrogens (tertiary/aromatic N) is 1.